The lowest BCUT2D eigenvalue weighted by Gasteiger charge is -2.40. The number of rotatable bonds is 5. The summed E-state index contributed by atoms with van der Waals surface area (Å²) in [4.78, 5) is 0. The van der Waals surface area contributed by atoms with Gasteiger partial charge in [-0.05, 0) is 47.9 Å². The molecule has 2 aromatic rings. The summed E-state index contributed by atoms with van der Waals surface area (Å²) in [7, 11) is 0. The number of nitrogens with one attached hydrogen (secondary N) is 1. The monoisotopic (exact) mass is 317 g/mol. The van der Waals surface area contributed by atoms with Crippen molar-refractivity contribution >= 4 is 17.3 Å². The highest BCUT2D eigenvalue weighted by Gasteiger charge is 2.37. The minimum Gasteiger partial charge on any atom is -0.396 e. The number of aliphatic hydroxyl groups is 1. The lowest BCUT2D eigenvalue weighted by atomic mass is 9.87. The van der Waals surface area contributed by atoms with Crippen molar-refractivity contribution in [2.24, 2.45) is 5.41 Å². The predicted molar refractivity (Wildman–Crippen MR) is 90.5 cm³/mol. The minimum atomic E-state index is -0.127. The smallest absolute Gasteiger partial charge is 0.0584 e. The van der Waals surface area contributed by atoms with E-state index in [9.17, 15) is 5.11 Å². The molecule has 0 aromatic heterocycles. The summed E-state index contributed by atoms with van der Waals surface area (Å²) in [6.45, 7) is 4.20. The Morgan fingerprint density at radius 2 is 1.95 bits per heavy atom. The number of benzene rings is 2. The van der Waals surface area contributed by atoms with E-state index in [4.69, 9.17) is 16.3 Å². The molecule has 4 heteroatoms. The van der Waals surface area contributed by atoms with Gasteiger partial charge in [-0.25, -0.2) is 0 Å². The van der Waals surface area contributed by atoms with Crippen LogP contribution in [-0.2, 0) is 4.74 Å². The molecule has 0 aliphatic carbocycles. The molecular weight excluding hydrogens is 298 g/mol. The Morgan fingerprint density at radius 3 is 2.55 bits per heavy atom. The average molecular weight is 318 g/mol. The zero-order valence-corrected chi connectivity index (χ0v) is 13.4. The summed E-state index contributed by atoms with van der Waals surface area (Å²) >= 11 is 6.06. The molecule has 0 amide bonds. The van der Waals surface area contributed by atoms with Gasteiger partial charge in [0.1, 0.15) is 0 Å². The molecule has 22 heavy (non-hydrogen) atoms. The summed E-state index contributed by atoms with van der Waals surface area (Å²) in [6.07, 6.45) is 0. The maximum atomic E-state index is 9.47. The number of hydrogen-bond donors (Lipinski definition) is 2. The molecule has 0 saturated carbocycles. The molecule has 2 N–H and O–H groups in total. The van der Waals surface area contributed by atoms with Gasteiger partial charge in [-0.15, -0.1) is 0 Å². The molecule has 0 atom stereocenters. The highest BCUT2D eigenvalue weighted by atomic mass is 35.5. The van der Waals surface area contributed by atoms with Crippen molar-refractivity contribution < 1.29 is 9.84 Å². The maximum Gasteiger partial charge on any atom is 0.0584 e. The van der Waals surface area contributed by atoms with Crippen molar-refractivity contribution in [2.75, 3.05) is 31.7 Å². The Balaban J connectivity index is 1.75. The van der Waals surface area contributed by atoms with Crippen LogP contribution in [0, 0.1) is 12.3 Å². The predicted octanol–water partition coefficient (Wildman–Crippen LogP) is 3.74. The first kappa shape index (κ1) is 15.3. The van der Waals surface area contributed by atoms with Gasteiger partial charge in [-0.3, -0.25) is 0 Å². The fourth-order valence-corrected chi connectivity index (χ4v) is 2.82. The Labute approximate surface area is 135 Å². The van der Waals surface area contributed by atoms with Gasteiger partial charge in [0.15, 0.2) is 0 Å². The number of aliphatic hydroxyl groups excluding tert-OH is 1. The lowest BCUT2D eigenvalue weighted by Crippen LogP contribution is -2.50. The number of halogens is 1. The van der Waals surface area contributed by atoms with Crippen LogP contribution in [0.4, 0.5) is 5.69 Å². The van der Waals surface area contributed by atoms with Crippen LogP contribution in [0.25, 0.3) is 11.1 Å². The number of ether oxygens (including phenoxy) is 1. The molecular formula is C18H20ClNO2. The molecule has 1 aliphatic heterocycles. The zero-order valence-electron chi connectivity index (χ0n) is 12.6. The van der Waals surface area contributed by atoms with E-state index in [2.05, 4.69) is 36.5 Å². The van der Waals surface area contributed by atoms with E-state index < -0.39 is 0 Å². The van der Waals surface area contributed by atoms with E-state index in [0.29, 0.717) is 13.2 Å². The summed E-state index contributed by atoms with van der Waals surface area (Å²) < 4.78 is 5.22. The van der Waals surface area contributed by atoms with E-state index in [1.54, 1.807) is 0 Å². The number of anilines is 1. The van der Waals surface area contributed by atoms with E-state index in [-0.39, 0.29) is 12.0 Å². The van der Waals surface area contributed by atoms with Crippen molar-refractivity contribution in [3.63, 3.8) is 0 Å². The van der Waals surface area contributed by atoms with Gasteiger partial charge in [0.05, 0.1) is 25.2 Å². The van der Waals surface area contributed by atoms with Crippen LogP contribution < -0.4 is 5.32 Å². The van der Waals surface area contributed by atoms with Gasteiger partial charge < -0.3 is 15.2 Å². The molecule has 3 nitrogen and oxygen atoms in total. The largest absolute Gasteiger partial charge is 0.396 e. The normalized spacial score (nSPS) is 16.1. The quantitative estimate of drug-likeness (QED) is 0.882. The molecule has 1 aliphatic rings. The van der Waals surface area contributed by atoms with Crippen LogP contribution in [0.1, 0.15) is 5.56 Å². The molecule has 0 bridgehead atoms. The minimum absolute atomic E-state index is 0.127. The molecule has 0 spiro atoms. The molecule has 1 fully saturated rings. The van der Waals surface area contributed by atoms with Gasteiger partial charge in [-0.1, -0.05) is 29.8 Å². The first-order chi connectivity index (χ1) is 10.6. The second kappa shape index (κ2) is 6.29. The van der Waals surface area contributed by atoms with Crippen LogP contribution in [0.15, 0.2) is 42.5 Å². The lowest BCUT2D eigenvalue weighted by molar-refractivity contribution is -0.128. The van der Waals surface area contributed by atoms with Crippen LogP contribution in [0.2, 0.25) is 5.02 Å². The molecule has 3 rings (SSSR count). The first-order valence-electron chi connectivity index (χ1n) is 7.41. The third-order valence-corrected chi connectivity index (χ3v) is 4.43. The maximum absolute atomic E-state index is 9.47. The van der Waals surface area contributed by atoms with Crippen molar-refractivity contribution in [1.29, 1.82) is 0 Å². The fourth-order valence-electron chi connectivity index (χ4n) is 2.63. The van der Waals surface area contributed by atoms with Crippen molar-refractivity contribution in [1.82, 2.24) is 0 Å². The van der Waals surface area contributed by atoms with Gasteiger partial charge in [0.2, 0.25) is 0 Å². The third kappa shape index (κ3) is 3.12. The summed E-state index contributed by atoms with van der Waals surface area (Å²) in [5.74, 6) is 0. The molecule has 1 heterocycles. The van der Waals surface area contributed by atoms with Gasteiger partial charge in [0, 0.05) is 17.3 Å². The summed E-state index contributed by atoms with van der Waals surface area (Å²) in [6, 6.07) is 14.2. The van der Waals surface area contributed by atoms with Gasteiger partial charge >= 0.3 is 0 Å². The number of aryl methyl sites for hydroxylation is 1. The van der Waals surface area contributed by atoms with E-state index in [1.165, 1.54) is 5.56 Å². The Hall–Kier alpha value is -1.55. The Morgan fingerprint density at radius 1 is 1.18 bits per heavy atom. The second-order valence-corrected chi connectivity index (χ2v) is 6.48. The highest BCUT2D eigenvalue weighted by molar-refractivity contribution is 6.30. The van der Waals surface area contributed by atoms with Crippen molar-refractivity contribution in [3.8, 4) is 11.1 Å². The summed E-state index contributed by atoms with van der Waals surface area (Å²) in [5, 5.41) is 13.6. The zero-order chi connectivity index (χ0) is 15.6. The SMILES string of the molecule is Cc1cc(-c2cccc(Cl)c2)ccc1NCC1(CO)COC1. The molecule has 1 saturated heterocycles. The number of hydrogen-bond acceptors (Lipinski definition) is 3. The first-order valence-corrected chi connectivity index (χ1v) is 7.79. The Bertz CT molecular complexity index is 662. The highest BCUT2D eigenvalue weighted by Crippen LogP contribution is 2.30. The molecule has 0 radical (unpaired) electrons. The molecule has 116 valence electrons. The average Bonchev–Trinajstić information content (AvgIpc) is 2.48. The van der Waals surface area contributed by atoms with Crippen LogP contribution in [0.3, 0.4) is 0 Å². The van der Waals surface area contributed by atoms with Crippen molar-refractivity contribution in [3.05, 3.63) is 53.1 Å². The summed E-state index contributed by atoms with van der Waals surface area (Å²) in [5.41, 5.74) is 4.39. The fraction of sp³-hybridized carbons (Fsp3) is 0.333. The van der Waals surface area contributed by atoms with Gasteiger partial charge in [-0.2, -0.15) is 0 Å². The molecule has 2 aromatic carbocycles. The van der Waals surface area contributed by atoms with Crippen LogP contribution in [-0.4, -0.2) is 31.5 Å². The van der Waals surface area contributed by atoms with E-state index in [0.717, 1.165) is 28.4 Å². The topological polar surface area (TPSA) is 41.5 Å². The second-order valence-electron chi connectivity index (χ2n) is 6.04. The van der Waals surface area contributed by atoms with E-state index >= 15 is 0 Å². The Kier molecular flexibility index (Phi) is 4.39. The molecule has 0 unspecified atom stereocenters. The standard InChI is InChI=1S/C18H20ClNO2/c1-13-7-15(14-3-2-4-16(19)8-14)5-6-17(13)20-9-18(10-21)11-22-12-18/h2-8,20-21H,9-12H2,1H3. The van der Waals surface area contributed by atoms with Crippen LogP contribution >= 0.6 is 11.6 Å². The van der Waals surface area contributed by atoms with Gasteiger partial charge in [0.25, 0.3) is 0 Å². The van der Waals surface area contributed by atoms with Crippen molar-refractivity contribution in [2.45, 2.75) is 6.92 Å². The third-order valence-electron chi connectivity index (χ3n) is 4.19. The van der Waals surface area contributed by atoms with E-state index in [1.807, 2.05) is 18.2 Å². The van der Waals surface area contributed by atoms with Crippen LogP contribution in [0.5, 0.6) is 0 Å².